The Balaban J connectivity index is 2.38. The average molecular weight is 339 g/mol. The third-order valence-electron chi connectivity index (χ3n) is 3.88. The lowest BCUT2D eigenvalue weighted by Gasteiger charge is -2.03. The number of rotatable bonds is 4. The van der Waals surface area contributed by atoms with Gasteiger partial charge in [-0.1, -0.05) is 30.3 Å². The predicted octanol–water partition coefficient (Wildman–Crippen LogP) is 2.99. The molecular weight excluding hydrogens is 322 g/mol. The first kappa shape index (κ1) is 16.7. The van der Waals surface area contributed by atoms with E-state index in [1.807, 2.05) is 0 Å². The number of carbonyl (C=O) groups excluding carboxylic acids is 2. The van der Waals surface area contributed by atoms with Gasteiger partial charge >= 0.3 is 11.9 Å². The molecule has 0 saturated heterocycles. The van der Waals surface area contributed by atoms with E-state index in [9.17, 15) is 14.4 Å². The Morgan fingerprint density at radius 1 is 0.960 bits per heavy atom. The summed E-state index contributed by atoms with van der Waals surface area (Å²) in [6.45, 7) is 3.77. The highest BCUT2D eigenvalue weighted by Gasteiger charge is 2.27. The van der Waals surface area contributed by atoms with E-state index in [0.717, 1.165) is 0 Å². The SMILES string of the molecule is CCOC(=O)c1c[nH]c2c(C(=O)OCC)c3cccccc-3c2c1=O. The molecule has 1 aromatic rings. The molecule has 0 aliphatic heterocycles. The Kier molecular flexibility index (Phi) is 4.52. The van der Waals surface area contributed by atoms with Gasteiger partial charge in [0.25, 0.3) is 0 Å². The van der Waals surface area contributed by atoms with Gasteiger partial charge in [-0.05, 0) is 25.0 Å². The number of ether oxygens (including phenoxy) is 2. The zero-order chi connectivity index (χ0) is 18.0. The van der Waals surface area contributed by atoms with Gasteiger partial charge in [0.2, 0.25) is 5.43 Å². The molecule has 3 rings (SSSR count). The number of esters is 2. The van der Waals surface area contributed by atoms with Gasteiger partial charge in [0, 0.05) is 6.20 Å². The molecule has 25 heavy (non-hydrogen) atoms. The molecule has 0 bridgehead atoms. The molecule has 2 aliphatic carbocycles. The van der Waals surface area contributed by atoms with E-state index >= 15 is 0 Å². The van der Waals surface area contributed by atoms with Crippen molar-refractivity contribution in [3.63, 3.8) is 0 Å². The summed E-state index contributed by atoms with van der Waals surface area (Å²) in [5.41, 5.74) is 1.25. The Morgan fingerprint density at radius 2 is 1.60 bits per heavy atom. The minimum atomic E-state index is -0.696. The molecule has 0 radical (unpaired) electrons. The van der Waals surface area contributed by atoms with E-state index < -0.39 is 17.4 Å². The summed E-state index contributed by atoms with van der Waals surface area (Å²) < 4.78 is 10.1. The predicted molar refractivity (Wildman–Crippen MR) is 93.1 cm³/mol. The Bertz CT molecular complexity index is 989. The van der Waals surface area contributed by atoms with E-state index in [2.05, 4.69) is 4.98 Å². The summed E-state index contributed by atoms with van der Waals surface area (Å²) in [5, 5.41) is 0.278. The minimum Gasteiger partial charge on any atom is -0.462 e. The zero-order valence-electron chi connectivity index (χ0n) is 13.9. The summed E-state index contributed by atoms with van der Waals surface area (Å²) in [5.74, 6) is -1.22. The van der Waals surface area contributed by atoms with Crippen LogP contribution in [0.5, 0.6) is 0 Å². The number of H-pyrrole nitrogens is 1. The second-order valence-electron chi connectivity index (χ2n) is 5.34. The molecule has 6 heteroatoms. The van der Waals surface area contributed by atoms with Gasteiger partial charge in [0.15, 0.2) is 0 Å². The maximum atomic E-state index is 12.9. The summed E-state index contributed by atoms with van der Waals surface area (Å²) in [6.07, 6.45) is 1.28. The molecular formula is C19H17NO5. The highest BCUT2D eigenvalue weighted by Crippen LogP contribution is 2.36. The number of aromatic amines is 1. The summed E-state index contributed by atoms with van der Waals surface area (Å²) >= 11 is 0. The lowest BCUT2D eigenvalue weighted by Crippen LogP contribution is -2.18. The van der Waals surface area contributed by atoms with Crippen LogP contribution in [0.4, 0.5) is 0 Å². The van der Waals surface area contributed by atoms with Crippen molar-refractivity contribution in [2.75, 3.05) is 13.2 Å². The van der Waals surface area contributed by atoms with Crippen molar-refractivity contribution in [1.29, 1.82) is 0 Å². The molecule has 128 valence electrons. The van der Waals surface area contributed by atoms with Crippen molar-refractivity contribution in [3.8, 4) is 11.1 Å². The fourth-order valence-corrected chi connectivity index (χ4v) is 2.88. The lowest BCUT2D eigenvalue weighted by molar-refractivity contribution is 0.0518. The van der Waals surface area contributed by atoms with Crippen LogP contribution >= 0.6 is 0 Å². The molecule has 0 aromatic carbocycles. The largest absolute Gasteiger partial charge is 0.462 e. The Morgan fingerprint density at radius 3 is 2.28 bits per heavy atom. The van der Waals surface area contributed by atoms with Gasteiger partial charge in [0.1, 0.15) is 5.56 Å². The van der Waals surface area contributed by atoms with Crippen LogP contribution in [-0.2, 0) is 9.47 Å². The maximum Gasteiger partial charge on any atom is 0.343 e. The third-order valence-corrected chi connectivity index (χ3v) is 3.88. The molecule has 1 heterocycles. The fraction of sp³-hybridized carbons (Fsp3) is 0.211. The van der Waals surface area contributed by atoms with Gasteiger partial charge in [0.05, 0.1) is 29.7 Å². The number of aromatic nitrogens is 1. The molecule has 2 aliphatic rings. The summed E-state index contributed by atoms with van der Waals surface area (Å²) in [4.78, 5) is 40.2. The van der Waals surface area contributed by atoms with E-state index in [1.54, 1.807) is 44.2 Å². The van der Waals surface area contributed by atoms with E-state index in [0.29, 0.717) is 16.6 Å². The molecule has 1 aromatic heterocycles. The van der Waals surface area contributed by atoms with Crippen LogP contribution in [0, 0.1) is 0 Å². The Labute approximate surface area is 143 Å². The second kappa shape index (κ2) is 6.76. The molecule has 0 amide bonds. The first-order chi connectivity index (χ1) is 12.1. The van der Waals surface area contributed by atoms with Gasteiger partial charge in [-0.15, -0.1) is 0 Å². The third kappa shape index (κ3) is 2.76. The van der Waals surface area contributed by atoms with E-state index in [4.69, 9.17) is 9.47 Å². The van der Waals surface area contributed by atoms with Gasteiger partial charge in [-0.3, -0.25) is 4.79 Å². The Hall–Kier alpha value is -3.15. The van der Waals surface area contributed by atoms with Crippen molar-refractivity contribution in [1.82, 2.24) is 4.98 Å². The number of nitrogens with one attached hydrogen (secondary N) is 1. The monoisotopic (exact) mass is 339 g/mol. The van der Waals surface area contributed by atoms with Gasteiger partial charge < -0.3 is 14.5 Å². The quantitative estimate of drug-likeness (QED) is 0.739. The molecule has 0 saturated carbocycles. The van der Waals surface area contributed by atoms with E-state index in [-0.39, 0.29) is 29.7 Å². The van der Waals surface area contributed by atoms with Gasteiger partial charge in [-0.2, -0.15) is 0 Å². The second-order valence-corrected chi connectivity index (χ2v) is 5.34. The average Bonchev–Trinajstić information content (AvgIpc) is 2.73. The number of hydrogen-bond donors (Lipinski definition) is 1. The molecule has 6 nitrogen and oxygen atoms in total. The number of pyridine rings is 1. The molecule has 0 spiro atoms. The highest BCUT2D eigenvalue weighted by atomic mass is 16.5. The molecule has 0 unspecified atom stereocenters. The van der Waals surface area contributed by atoms with Crippen LogP contribution < -0.4 is 5.43 Å². The first-order valence-corrected chi connectivity index (χ1v) is 8.00. The normalized spacial score (nSPS) is 10.8. The fourth-order valence-electron chi connectivity index (χ4n) is 2.88. The van der Waals surface area contributed by atoms with Crippen molar-refractivity contribution in [3.05, 3.63) is 57.9 Å². The van der Waals surface area contributed by atoms with Crippen molar-refractivity contribution >= 4 is 22.8 Å². The summed E-state index contributed by atoms with van der Waals surface area (Å²) in [6, 6.07) is 8.83. The topological polar surface area (TPSA) is 85.5 Å². The number of hydrogen-bond acceptors (Lipinski definition) is 5. The van der Waals surface area contributed by atoms with Crippen LogP contribution in [0.25, 0.3) is 22.0 Å². The standard InChI is InChI=1S/C19H17NO5/c1-3-24-18(22)13-10-20-16-14(17(13)21)11-8-6-5-7-9-12(11)15(16)19(23)25-4-2/h5-10H,3-4H2,1-2H3,(H,20,21). The summed E-state index contributed by atoms with van der Waals surface area (Å²) in [7, 11) is 0. The smallest absolute Gasteiger partial charge is 0.343 e. The van der Waals surface area contributed by atoms with Crippen molar-refractivity contribution < 1.29 is 19.1 Å². The highest BCUT2D eigenvalue weighted by molar-refractivity contribution is 6.17. The molecule has 1 N–H and O–H groups in total. The van der Waals surface area contributed by atoms with Crippen molar-refractivity contribution in [2.24, 2.45) is 0 Å². The number of fused-ring (bicyclic) bond motifs is 3. The van der Waals surface area contributed by atoms with Gasteiger partial charge in [-0.25, -0.2) is 9.59 Å². The van der Waals surface area contributed by atoms with Crippen molar-refractivity contribution in [2.45, 2.75) is 13.8 Å². The molecule has 0 atom stereocenters. The number of carbonyl (C=O) groups is 2. The molecule has 0 fully saturated rings. The first-order valence-electron chi connectivity index (χ1n) is 8.00. The minimum absolute atomic E-state index is 0.0943. The van der Waals surface area contributed by atoms with Crippen LogP contribution in [-0.4, -0.2) is 30.1 Å². The van der Waals surface area contributed by atoms with Crippen LogP contribution in [0.1, 0.15) is 34.6 Å². The van der Waals surface area contributed by atoms with Crippen LogP contribution in [0.2, 0.25) is 0 Å². The van der Waals surface area contributed by atoms with Crippen LogP contribution in [0.3, 0.4) is 0 Å². The van der Waals surface area contributed by atoms with E-state index in [1.165, 1.54) is 6.20 Å². The zero-order valence-corrected chi connectivity index (χ0v) is 13.9. The maximum absolute atomic E-state index is 12.9. The van der Waals surface area contributed by atoms with Crippen LogP contribution in [0.15, 0.2) is 41.3 Å². The lowest BCUT2D eigenvalue weighted by atomic mass is 10.1.